The highest BCUT2D eigenvalue weighted by atomic mass is 32.2. The zero-order valence-electron chi connectivity index (χ0n) is 12.2. The third-order valence-corrected chi connectivity index (χ3v) is 6.34. The summed E-state index contributed by atoms with van der Waals surface area (Å²) in [5, 5.41) is 11.9. The molecular formula is C13H22N2O5S. The monoisotopic (exact) mass is 318 g/mol. The first-order chi connectivity index (χ1) is 9.81. The number of amides is 1. The Morgan fingerprint density at radius 3 is 2.48 bits per heavy atom. The first-order valence-electron chi connectivity index (χ1n) is 7.34. The Balaban J connectivity index is 2.01. The maximum absolute atomic E-state index is 12.3. The minimum atomic E-state index is -3.30. The smallest absolute Gasteiger partial charge is 0.329 e. The summed E-state index contributed by atoms with van der Waals surface area (Å²) in [6.45, 7) is 2.16. The fourth-order valence-electron chi connectivity index (χ4n) is 2.85. The molecule has 8 heteroatoms. The van der Waals surface area contributed by atoms with E-state index in [1.165, 1.54) is 4.31 Å². The normalized spacial score (nSPS) is 25.9. The second-order valence-corrected chi connectivity index (χ2v) is 8.09. The van der Waals surface area contributed by atoms with Gasteiger partial charge >= 0.3 is 5.97 Å². The van der Waals surface area contributed by atoms with Crippen LogP contribution < -0.4 is 5.32 Å². The fourth-order valence-corrected chi connectivity index (χ4v) is 4.03. The van der Waals surface area contributed by atoms with Crippen LogP contribution in [0.5, 0.6) is 0 Å². The molecule has 2 fully saturated rings. The van der Waals surface area contributed by atoms with Crippen LogP contribution in [0, 0.1) is 5.92 Å². The van der Waals surface area contributed by atoms with Crippen LogP contribution in [0.2, 0.25) is 0 Å². The van der Waals surface area contributed by atoms with Crippen molar-refractivity contribution in [3.05, 3.63) is 0 Å². The van der Waals surface area contributed by atoms with Crippen LogP contribution >= 0.6 is 0 Å². The van der Waals surface area contributed by atoms with Gasteiger partial charge < -0.3 is 10.4 Å². The minimum absolute atomic E-state index is 0.0143. The number of carboxylic acids is 1. The van der Waals surface area contributed by atoms with Gasteiger partial charge in [0.2, 0.25) is 15.9 Å². The number of nitrogens with zero attached hydrogens (tertiary/aromatic N) is 1. The summed E-state index contributed by atoms with van der Waals surface area (Å²) < 4.78 is 25.1. The van der Waals surface area contributed by atoms with E-state index >= 15 is 0 Å². The van der Waals surface area contributed by atoms with Gasteiger partial charge in [-0.15, -0.1) is 0 Å². The molecule has 0 spiro atoms. The van der Waals surface area contributed by atoms with Crippen molar-refractivity contribution in [1.82, 2.24) is 9.62 Å². The van der Waals surface area contributed by atoms with Gasteiger partial charge in [0.25, 0.3) is 0 Å². The van der Waals surface area contributed by atoms with Gasteiger partial charge in [-0.25, -0.2) is 17.5 Å². The second kappa shape index (κ2) is 5.92. The van der Waals surface area contributed by atoms with Crippen molar-refractivity contribution < 1.29 is 23.1 Å². The number of carbonyl (C=O) groups is 2. The lowest BCUT2D eigenvalue weighted by Crippen LogP contribution is -2.61. The fraction of sp³-hybridized carbons (Fsp3) is 0.846. The Kier molecular flexibility index (Phi) is 4.57. The molecular weight excluding hydrogens is 296 g/mol. The van der Waals surface area contributed by atoms with Crippen molar-refractivity contribution in [2.75, 3.05) is 18.8 Å². The number of piperidine rings is 1. The molecule has 1 amide bonds. The van der Waals surface area contributed by atoms with Gasteiger partial charge in [0.05, 0.1) is 11.7 Å². The van der Waals surface area contributed by atoms with Crippen LogP contribution in [0.3, 0.4) is 0 Å². The molecule has 7 nitrogen and oxygen atoms in total. The van der Waals surface area contributed by atoms with Crippen molar-refractivity contribution in [3.63, 3.8) is 0 Å². The summed E-state index contributed by atoms with van der Waals surface area (Å²) >= 11 is 0. The molecule has 1 heterocycles. The zero-order chi connectivity index (χ0) is 15.7. The van der Waals surface area contributed by atoms with E-state index in [-0.39, 0.29) is 18.2 Å². The molecule has 0 radical (unpaired) electrons. The summed E-state index contributed by atoms with van der Waals surface area (Å²) in [6.07, 6.45) is 2.89. The summed E-state index contributed by atoms with van der Waals surface area (Å²) in [7, 11) is -3.30. The Morgan fingerprint density at radius 2 is 2.00 bits per heavy atom. The van der Waals surface area contributed by atoms with Crippen LogP contribution in [-0.2, 0) is 19.6 Å². The van der Waals surface area contributed by atoms with Gasteiger partial charge in [-0.2, -0.15) is 0 Å². The molecule has 0 aromatic carbocycles. The summed E-state index contributed by atoms with van der Waals surface area (Å²) in [5.41, 5.74) is -1.14. The van der Waals surface area contributed by atoms with Gasteiger partial charge in [-0.05, 0) is 39.0 Å². The molecule has 0 aromatic heterocycles. The number of rotatable bonds is 5. The highest BCUT2D eigenvalue weighted by Crippen LogP contribution is 2.33. The van der Waals surface area contributed by atoms with Gasteiger partial charge in [0, 0.05) is 13.1 Å². The molecule has 0 bridgehead atoms. The van der Waals surface area contributed by atoms with E-state index in [1.807, 2.05) is 0 Å². The lowest BCUT2D eigenvalue weighted by Gasteiger charge is -2.40. The molecule has 21 heavy (non-hydrogen) atoms. The first kappa shape index (κ1) is 16.2. The number of nitrogens with one attached hydrogen (secondary N) is 1. The topological polar surface area (TPSA) is 104 Å². The van der Waals surface area contributed by atoms with Crippen LogP contribution in [0.25, 0.3) is 0 Å². The predicted octanol–water partition coefficient (Wildman–Crippen LogP) is 0.172. The maximum atomic E-state index is 12.3. The summed E-state index contributed by atoms with van der Waals surface area (Å²) in [6, 6.07) is 0. The van der Waals surface area contributed by atoms with E-state index in [1.54, 1.807) is 6.92 Å². The van der Waals surface area contributed by atoms with Gasteiger partial charge in [0.15, 0.2) is 0 Å². The number of hydrogen-bond acceptors (Lipinski definition) is 4. The minimum Gasteiger partial charge on any atom is -0.480 e. The van der Waals surface area contributed by atoms with Crippen LogP contribution in [0.15, 0.2) is 0 Å². The Hall–Kier alpha value is -1.15. The number of carboxylic acid groups (broad SMARTS) is 1. The molecule has 1 aliphatic heterocycles. The molecule has 2 N–H and O–H groups in total. The average Bonchev–Trinajstić information content (AvgIpc) is 2.42. The molecule has 120 valence electrons. The quantitative estimate of drug-likeness (QED) is 0.752. The van der Waals surface area contributed by atoms with Crippen molar-refractivity contribution in [2.24, 2.45) is 5.92 Å². The molecule has 1 unspecified atom stereocenters. The van der Waals surface area contributed by atoms with E-state index in [9.17, 15) is 23.1 Å². The SMILES string of the molecule is CCS(=O)(=O)N1CCCC(C(=O)NC2(C(=O)O)CCC2)C1. The van der Waals surface area contributed by atoms with E-state index in [0.29, 0.717) is 32.2 Å². The standard InChI is InChI=1S/C13H22N2O5S/c1-2-21(19,20)15-8-3-5-10(9-15)11(16)14-13(12(17)18)6-4-7-13/h10H,2-9H2,1H3,(H,14,16)(H,17,18). The molecule has 0 aromatic rings. The van der Waals surface area contributed by atoms with Crippen molar-refractivity contribution in [3.8, 4) is 0 Å². The molecule has 2 aliphatic rings. The number of hydrogen-bond donors (Lipinski definition) is 2. The third-order valence-electron chi connectivity index (χ3n) is 4.49. The first-order valence-corrected chi connectivity index (χ1v) is 8.95. The average molecular weight is 318 g/mol. The van der Waals surface area contributed by atoms with E-state index in [2.05, 4.69) is 5.32 Å². The van der Waals surface area contributed by atoms with Gasteiger partial charge in [-0.1, -0.05) is 0 Å². The van der Waals surface area contributed by atoms with E-state index in [4.69, 9.17) is 0 Å². The third kappa shape index (κ3) is 3.21. The van der Waals surface area contributed by atoms with E-state index < -0.39 is 27.4 Å². The van der Waals surface area contributed by atoms with Crippen LogP contribution in [0.1, 0.15) is 39.0 Å². The van der Waals surface area contributed by atoms with Crippen LogP contribution in [0.4, 0.5) is 0 Å². The van der Waals surface area contributed by atoms with Gasteiger partial charge in [-0.3, -0.25) is 4.79 Å². The Bertz CT molecular complexity index is 527. The molecule has 1 saturated heterocycles. The summed E-state index contributed by atoms with van der Waals surface area (Å²) in [4.78, 5) is 23.5. The maximum Gasteiger partial charge on any atom is 0.329 e. The predicted molar refractivity (Wildman–Crippen MR) is 76.1 cm³/mol. The highest BCUT2D eigenvalue weighted by Gasteiger charge is 2.47. The van der Waals surface area contributed by atoms with Crippen LogP contribution in [-0.4, -0.2) is 54.1 Å². The highest BCUT2D eigenvalue weighted by molar-refractivity contribution is 7.89. The van der Waals surface area contributed by atoms with Crippen molar-refractivity contribution in [1.29, 1.82) is 0 Å². The lowest BCUT2D eigenvalue weighted by molar-refractivity contribution is -0.152. The molecule has 2 rings (SSSR count). The largest absolute Gasteiger partial charge is 0.480 e. The lowest BCUT2D eigenvalue weighted by atomic mass is 9.76. The Morgan fingerprint density at radius 1 is 1.33 bits per heavy atom. The number of aliphatic carboxylic acids is 1. The van der Waals surface area contributed by atoms with Gasteiger partial charge in [0.1, 0.15) is 5.54 Å². The Labute approximate surface area is 124 Å². The second-order valence-electron chi connectivity index (χ2n) is 5.83. The molecule has 1 atom stereocenters. The van der Waals surface area contributed by atoms with E-state index in [0.717, 1.165) is 6.42 Å². The zero-order valence-corrected chi connectivity index (χ0v) is 13.0. The summed E-state index contributed by atoms with van der Waals surface area (Å²) in [5.74, 6) is -1.79. The van der Waals surface area contributed by atoms with Crippen molar-refractivity contribution in [2.45, 2.75) is 44.6 Å². The van der Waals surface area contributed by atoms with Crippen molar-refractivity contribution >= 4 is 21.9 Å². The number of sulfonamides is 1. The number of carbonyl (C=O) groups excluding carboxylic acids is 1. The molecule has 1 saturated carbocycles. The molecule has 1 aliphatic carbocycles.